The normalized spacial score (nSPS) is 15.8. The minimum absolute atomic E-state index is 0.0459. The Balaban J connectivity index is 0.000000301. The number of fused-ring (bicyclic) bond motifs is 3. The molecule has 0 saturated carbocycles. The number of anilines is 1. The number of aryl methyl sites for hydroxylation is 1. The van der Waals surface area contributed by atoms with Gasteiger partial charge in [-0.05, 0) is 43.0 Å². The number of aromatic amines is 1. The number of carboxylic acids is 2. The van der Waals surface area contributed by atoms with Gasteiger partial charge in [-0.25, -0.2) is 9.59 Å². The van der Waals surface area contributed by atoms with Crippen molar-refractivity contribution >= 4 is 34.4 Å². The predicted molar refractivity (Wildman–Crippen MR) is 87.9 cm³/mol. The third-order valence-corrected chi connectivity index (χ3v) is 3.73. The number of rotatable bonds is 1. The van der Waals surface area contributed by atoms with Crippen molar-refractivity contribution in [1.82, 2.24) is 4.98 Å². The SMILES string of the molecule is CC(=O)Nc1ccc2[nH]c3c(c2c1)CC(N)CC3.O=C(O)C(=O)O. The topological polar surface area (TPSA) is 146 Å². The fourth-order valence-corrected chi connectivity index (χ4v) is 2.73. The number of hydrogen-bond donors (Lipinski definition) is 5. The van der Waals surface area contributed by atoms with Crippen LogP contribution in [-0.2, 0) is 27.2 Å². The maximum Gasteiger partial charge on any atom is 0.414 e. The summed E-state index contributed by atoms with van der Waals surface area (Å²) in [7, 11) is 0. The van der Waals surface area contributed by atoms with Crippen LogP contribution in [0.25, 0.3) is 10.9 Å². The van der Waals surface area contributed by atoms with E-state index in [1.165, 1.54) is 23.6 Å². The van der Waals surface area contributed by atoms with E-state index in [4.69, 9.17) is 25.5 Å². The summed E-state index contributed by atoms with van der Waals surface area (Å²) < 4.78 is 0. The molecule has 8 heteroatoms. The molecule has 1 atom stereocenters. The van der Waals surface area contributed by atoms with Crippen LogP contribution in [0.3, 0.4) is 0 Å². The summed E-state index contributed by atoms with van der Waals surface area (Å²) in [4.78, 5) is 32.7. The molecule has 0 spiro atoms. The second kappa shape index (κ2) is 7.14. The quantitative estimate of drug-likeness (QED) is 0.494. The third kappa shape index (κ3) is 4.11. The number of amides is 1. The predicted octanol–water partition coefficient (Wildman–Crippen LogP) is 1.10. The van der Waals surface area contributed by atoms with E-state index < -0.39 is 11.9 Å². The number of hydrogen-bond acceptors (Lipinski definition) is 4. The number of nitrogens with two attached hydrogens (primary N) is 1. The Morgan fingerprint density at radius 2 is 1.92 bits per heavy atom. The lowest BCUT2D eigenvalue weighted by molar-refractivity contribution is -0.159. The summed E-state index contributed by atoms with van der Waals surface area (Å²) in [5, 5.41) is 18.8. The highest BCUT2D eigenvalue weighted by Gasteiger charge is 2.20. The van der Waals surface area contributed by atoms with Gasteiger partial charge in [-0.15, -0.1) is 0 Å². The van der Waals surface area contributed by atoms with E-state index in [9.17, 15) is 4.79 Å². The molecule has 0 saturated heterocycles. The summed E-state index contributed by atoms with van der Waals surface area (Å²) in [6, 6.07) is 6.22. The van der Waals surface area contributed by atoms with Gasteiger partial charge < -0.3 is 26.2 Å². The zero-order chi connectivity index (χ0) is 17.9. The lowest BCUT2D eigenvalue weighted by Gasteiger charge is -2.18. The van der Waals surface area contributed by atoms with Crippen LogP contribution >= 0.6 is 0 Å². The molecule has 2 aromatic rings. The summed E-state index contributed by atoms with van der Waals surface area (Å²) in [5.74, 6) is -3.69. The summed E-state index contributed by atoms with van der Waals surface area (Å²) >= 11 is 0. The molecule has 1 amide bonds. The zero-order valence-electron chi connectivity index (χ0n) is 13.1. The molecule has 1 unspecified atom stereocenters. The van der Waals surface area contributed by atoms with Crippen LogP contribution in [-0.4, -0.2) is 39.1 Å². The standard InChI is InChI=1S/C14H17N3O.C2H2O4/c1-8(18)16-10-3-5-14-12(7-10)11-6-9(15)2-4-13(11)17-14;3-1(4)2(5)6/h3,5,7,9,17H,2,4,6,15H2,1H3,(H,16,18);(H,3,4)(H,5,6). The van der Waals surface area contributed by atoms with Crippen LogP contribution in [0.2, 0.25) is 0 Å². The molecule has 1 aromatic heterocycles. The van der Waals surface area contributed by atoms with Gasteiger partial charge in [-0.3, -0.25) is 4.79 Å². The number of aromatic nitrogens is 1. The molecule has 3 rings (SSSR count). The van der Waals surface area contributed by atoms with Crippen molar-refractivity contribution in [1.29, 1.82) is 0 Å². The van der Waals surface area contributed by atoms with Gasteiger partial charge in [0.1, 0.15) is 0 Å². The Kier molecular flexibility index (Phi) is 5.20. The van der Waals surface area contributed by atoms with Crippen LogP contribution in [0, 0.1) is 0 Å². The van der Waals surface area contributed by atoms with E-state index in [1.54, 1.807) is 0 Å². The highest BCUT2D eigenvalue weighted by atomic mass is 16.4. The molecule has 0 aliphatic heterocycles. The molecule has 128 valence electrons. The Labute approximate surface area is 137 Å². The number of carbonyl (C=O) groups is 3. The molecule has 24 heavy (non-hydrogen) atoms. The highest BCUT2D eigenvalue weighted by molar-refractivity contribution is 6.27. The Morgan fingerprint density at radius 3 is 2.50 bits per heavy atom. The number of aliphatic carboxylic acids is 2. The highest BCUT2D eigenvalue weighted by Crippen LogP contribution is 2.30. The summed E-state index contributed by atoms with van der Waals surface area (Å²) in [6.07, 6.45) is 2.97. The fourth-order valence-electron chi connectivity index (χ4n) is 2.73. The van der Waals surface area contributed by atoms with Crippen LogP contribution in [0.4, 0.5) is 5.69 Å². The molecule has 1 aliphatic rings. The number of carboxylic acid groups (broad SMARTS) is 2. The van der Waals surface area contributed by atoms with Crippen molar-refractivity contribution in [2.45, 2.75) is 32.2 Å². The largest absolute Gasteiger partial charge is 0.473 e. The minimum Gasteiger partial charge on any atom is -0.473 e. The van der Waals surface area contributed by atoms with Crippen LogP contribution in [0.5, 0.6) is 0 Å². The first-order chi connectivity index (χ1) is 11.3. The maximum absolute atomic E-state index is 11.1. The van der Waals surface area contributed by atoms with Crippen molar-refractivity contribution in [3.63, 3.8) is 0 Å². The van der Waals surface area contributed by atoms with E-state index in [-0.39, 0.29) is 11.9 Å². The van der Waals surface area contributed by atoms with Crippen molar-refractivity contribution < 1.29 is 24.6 Å². The molecule has 1 aliphatic carbocycles. The molecule has 1 heterocycles. The van der Waals surface area contributed by atoms with Crippen LogP contribution < -0.4 is 11.1 Å². The van der Waals surface area contributed by atoms with Gasteiger partial charge in [0.05, 0.1) is 0 Å². The second-order valence-corrected chi connectivity index (χ2v) is 5.64. The zero-order valence-corrected chi connectivity index (χ0v) is 13.1. The second-order valence-electron chi connectivity index (χ2n) is 5.64. The average molecular weight is 333 g/mol. The average Bonchev–Trinajstić information content (AvgIpc) is 2.84. The summed E-state index contributed by atoms with van der Waals surface area (Å²) in [6.45, 7) is 1.52. The lowest BCUT2D eigenvalue weighted by atomic mass is 9.92. The van der Waals surface area contributed by atoms with Gasteiger partial charge in [0.25, 0.3) is 0 Å². The molecule has 0 radical (unpaired) electrons. The van der Waals surface area contributed by atoms with E-state index >= 15 is 0 Å². The van der Waals surface area contributed by atoms with Crippen LogP contribution in [0.1, 0.15) is 24.6 Å². The van der Waals surface area contributed by atoms with Gasteiger partial charge in [-0.1, -0.05) is 0 Å². The molecule has 0 bridgehead atoms. The summed E-state index contributed by atoms with van der Waals surface area (Å²) in [5.41, 5.74) is 10.6. The number of carbonyl (C=O) groups excluding carboxylic acids is 1. The van der Waals surface area contributed by atoms with Gasteiger partial charge in [0, 0.05) is 35.2 Å². The number of nitrogens with one attached hydrogen (secondary N) is 2. The van der Waals surface area contributed by atoms with Gasteiger partial charge >= 0.3 is 11.9 Å². The smallest absolute Gasteiger partial charge is 0.414 e. The van der Waals surface area contributed by atoms with E-state index in [0.29, 0.717) is 0 Å². The third-order valence-electron chi connectivity index (χ3n) is 3.73. The Bertz CT molecular complexity index is 784. The monoisotopic (exact) mass is 333 g/mol. The Hall–Kier alpha value is -2.87. The molecule has 6 N–H and O–H groups in total. The maximum atomic E-state index is 11.1. The van der Waals surface area contributed by atoms with Gasteiger partial charge in [0.15, 0.2) is 0 Å². The van der Waals surface area contributed by atoms with E-state index in [2.05, 4.69) is 10.3 Å². The number of H-pyrrole nitrogens is 1. The first-order valence-electron chi connectivity index (χ1n) is 7.40. The first-order valence-corrected chi connectivity index (χ1v) is 7.40. The number of benzene rings is 1. The van der Waals surface area contributed by atoms with Gasteiger partial charge in [-0.2, -0.15) is 0 Å². The van der Waals surface area contributed by atoms with Crippen LogP contribution in [0.15, 0.2) is 18.2 Å². The van der Waals surface area contributed by atoms with E-state index in [0.717, 1.165) is 30.5 Å². The van der Waals surface area contributed by atoms with Crippen molar-refractivity contribution in [3.8, 4) is 0 Å². The first kappa shape index (κ1) is 17.5. The van der Waals surface area contributed by atoms with Crippen molar-refractivity contribution in [3.05, 3.63) is 29.5 Å². The van der Waals surface area contributed by atoms with Crippen molar-refractivity contribution in [2.75, 3.05) is 5.32 Å². The fraction of sp³-hybridized carbons (Fsp3) is 0.312. The molecular formula is C16H19N3O5. The van der Waals surface area contributed by atoms with E-state index in [1.807, 2.05) is 18.2 Å². The Morgan fingerprint density at radius 1 is 1.25 bits per heavy atom. The molecular weight excluding hydrogens is 314 g/mol. The molecule has 0 fully saturated rings. The molecule has 8 nitrogen and oxygen atoms in total. The minimum atomic E-state index is -1.82. The van der Waals surface area contributed by atoms with Gasteiger partial charge in [0.2, 0.25) is 5.91 Å². The van der Waals surface area contributed by atoms with Crippen molar-refractivity contribution in [2.24, 2.45) is 5.73 Å². The lowest BCUT2D eigenvalue weighted by Crippen LogP contribution is -2.27. The molecule has 1 aromatic carbocycles.